The lowest BCUT2D eigenvalue weighted by Gasteiger charge is -2.37. The number of fused-ring (bicyclic) bond motifs is 1. The van der Waals surface area contributed by atoms with Gasteiger partial charge in [-0.2, -0.15) is 13.2 Å². The zero-order chi connectivity index (χ0) is 26.3. The maximum Gasteiger partial charge on any atom is 0.511 e. The van der Waals surface area contributed by atoms with Crippen molar-refractivity contribution >= 4 is 28.7 Å². The van der Waals surface area contributed by atoms with Crippen LogP contribution in [0.15, 0.2) is 72.9 Å². The number of carboxylic acid groups (broad SMARTS) is 1. The molecule has 0 aliphatic heterocycles. The normalized spacial score (nSPS) is 14.3. The van der Waals surface area contributed by atoms with E-state index in [4.69, 9.17) is 16.7 Å². The van der Waals surface area contributed by atoms with E-state index in [0.717, 1.165) is 18.3 Å². The third-order valence-corrected chi connectivity index (χ3v) is 6.35. The monoisotopic (exact) mass is 519 g/mol. The molecule has 0 radical (unpaired) electrons. The van der Waals surface area contributed by atoms with E-state index in [1.807, 2.05) is 0 Å². The van der Waals surface area contributed by atoms with Gasteiger partial charge in [-0.25, -0.2) is 9.18 Å². The largest absolute Gasteiger partial charge is 0.511 e. The van der Waals surface area contributed by atoms with Crippen molar-refractivity contribution in [1.29, 1.82) is 0 Å². The Morgan fingerprint density at radius 2 is 1.69 bits per heavy atom. The average Bonchev–Trinajstić information content (AvgIpc) is 2.83. The van der Waals surface area contributed by atoms with Crippen LogP contribution in [0.2, 0.25) is 5.02 Å². The Kier molecular flexibility index (Phi) is 6.64. The van der Waals surface area contributed by atoms with Crippen molar-refractivity contribution in [3.63, 3.8) is 0 Å². The first-order valence-electron chi connectivity index (χ1n) is 10.6. The van der Waals surface area contributed by atoms with Gasteiger partial charge in [-0.1, -0.05) is 54.9 Å². The van der Waals surface area contributed by atoms with Gasteiger partial charge in [-0.15, -0.1) is 0 Å². The molecule has 186 valence electrons. The van der Waals surface area contributed by atoms with Crippen LogP contribution in [-0.2, 0) is 5.60 Å². The summed E-state index contributed by atoms with van der Waals surface area (Å²) in [6.45, 7) is 1.21. The lowest BCUT2D eigenvalue weighted by atomic mass is 9.77. The first-order valence-corrected chi connectivity index (χ1v) is 10.9. The first kappa shape index (κ1) is 25.4. The fourth-order valence-electron chi connectivity index (χ4n) is 4.08. The number of carbonyl (C=O) groups is 1. The van der Waals surface area contributed by atoms with Gasteiger partial charge in [0.15, 0.2) is 17.2 Å². The molecule has 10 heteroatoms. The molecule has 0 aliphatic carbocycles. The summed E-state index contributed by atoms with van der Waals surface area (Å²) in [6, 6.07) is 15.5. The predicted octanol–water partition coefficient (Wildman–Crippen LogP) is 7.30. The number of hydrogen-bond acceptors (Lipinski definition) is 4. The van der Waals surface area contributed by atoms with Crippen LogP contribution in [-0.4, -0.2) is 27.5 Å². The number of para-hydroxylation sites is 1. The van der Waals surface area contributed by atoms with Gasteiger partial charge in [0.25, 0.3) is 0 Å². The summed E-state index contributed by atoms with van der Waals surface area (Å²) >= 11 is 6.36. The number of nitrogens with zero attached hydrogens (tertiary/aromatic N) is 1. The topological polar surface area (TPSA) is 79.7 Å². The van der Waals surface area contributed by atoms with Crippen LogP contribution in [0, 0.1) is 5.82 Å². The molecule has 0 fully saturated rings. The summed E-state index contributed by atoms with van der Waals surface area (Å²) in [4.78, 5) is 14.7. The van der Waals surface area contributed by atoms with Crippen LogP contribution in [0.1, 0.15) is 24.0 Å². The number of halogens is 5. The van der Waals surface area contributed by atoms with Gasteiger partial charge in [0.1, 0.15) is 0 Å². The Balaban J connectivity index is 1.74. The number of aliphatic hydroxyl groups is 1. The van der Waals surface area contributed by atoms with Crippen LogP contribution >= 0.6 is 11.6 Å². The molecule has 0 bridgehead atoms. The highest BCUT2D eigenvalue weighted by molar-refractivity contribution is 6.31. The Morgan fingerprint density at radius 1 is 1.03 bits per heavy atom. The molecule has 5 nitrogen and oxygen atoms in total. The highest BCUT2D eigenvalue weighted by Gasteiger charge is 2.59. The fraction of sp³-hybridized carbons (Fsp3) is 0.154. The number of aromatic nitrogens is 1. The van der Waals surface area contributed by atoms with E-state index in [2.05, 4.69) is 9.72 Å². The number of rotatable bonds is 5. The standard InChI is InChI=1S/C26H18ClF4NO4/c1-14(25(35,26(29,30)31)18-10-17-4-2-3-5-22(17)32-13-18)19-8-6-15(11-20(19)27)16-7-9-23(21(28)12-16)36-24(33)34/h2-14,35H,1H3,(H,33,34). The molecule has 1 heterocycles. The molecule has 2 unspecified atom stereocenters. The van der Waals surface area contributed by atoms with Crippen molar-refractivity contribution in [1.82, 2.24) is 4.98 Å². The quantitative estimate of drug-likeness (QED) is 0.164. The van der Waals surface area contributed by atoms with Crippen molar-refractivity contribution in [2.24, 2.45) is 0 Å². The molecule has 4 aromatic rings. The Labute approximate surface area is 207 Å². The van der Waals surface area contributed by atoms with Gasteiger partial charge in [-0.3, -0.25) is 4.98 Å². The van der Waals surface area contributed by atoms with Crippen LogP contribution in [0.3, 0.4) is 0 Å². The summed E-state index contributed by atoms with van der Waals surface area (Å²) in [6.07, 6.45) is -5.75. The van der Waals surface area contributed by atoms with E-state index < -0.39 is 41.0 Å². The number of hydrogen-bond donors (Lipinski definition) is 2. The minimum absolute atomic E-state index is 0.0136. The second-order valence-electron chi connectivity index (χ2n) is 8.15. The highest BCUT2D eigenvalue weighted by atomic mass is 35.5. The number of ether oxygens (including phenoxy) is 1. The van der Waals surface area contributed by atoms with Crippen molar-refractivity contribution in [2.45, 2.75) is 24.6 Å². The summed E-state index contributed by atoms with van der Waals surface area (Å²) in [5.74, 6) is -2.98. The molecule has 2 atom stereocenters. The molecule has 0 spiro atoms. The summed E-state index contributed by atoms with van der Waals surface area (Å²) in [5, 5.41) is 20.1. The maximum absolute atomic E-state index is 14.4. The third kappa shape index (κ3) is 4.59. The second-order valence-corrected chi connectivity index (χ2v) is 8.56. The van der Waals surface area contributed by atoms with Crippen LogP contribution in [0.25, 0.3) is 22.0 Å². The van der Waals surface area contributed by atoms with E-state index >= 15 is 0 Å². The number of pyridine rings is 1. The lowest BCUT2D eigenvalue weighted by Crippen LogP contribution is -2.46. The Bertz CT molecular complexity index is 1460. The van der Waals surface area contributed by atoms with Gasteiger partial charge >= 0.3 is 12.3 Å². The first-order chi connectivity index (χ1) is 16.9. The molecule has 3 aromatic carbocycles. The molecular weight excluding hydrogens is 502 g/mol. The van der Waals surface area contributed by atoms with Gasteiger partial charge in [-0.05, 0) is 47.0 Å². The summed E-state index contributed by atoms with van der Waals surface area (Å²) in [5.41, 5.74) is -2.60. The van der Waals surface area contributed by atoms with Crippen molar-refractivity contribution in [2.75, 3.05) is 0 Å². The lowest BCUT2D eigenvalue weighted by molar-refractivity contribution is -0.274. The minimum atomic E-state index is -5.07. The third-order valence-electron chi connectivity index (χ3n) is 6.02. The van der Waals surface area contributed by atoms with Gasteiger partial charge in [0.2, 0.25) is 0 Å². The Hall–Kier alpha value is -3.69. The molecule has 0 amide bonds. The SMILES string of the molecule is CC(c1ccc(-c2ccc(OC(=O)O)c(F)c2)cc1Cl)C(O)(c1cnc2ccccc2c1)C(F)(F)F. The minimum Gasteiger partial charge on any atom is -0.449 e. The molecular formula is C26H18ClF4NO4. The van der Waals surface area contributed by atoms with Crippen molar-refractivity contribution in [3.05, 3.63) is 94.9 Å². The van der Waals surface area contributed by atoms with Gasteiger partial charge in [0.05, 0.1) is 5.52 Å². The molecule has 4 rings (SSSR count). The van der Waals surface area contributed by atoms with E-state index in [1.54, 1.807) is 24.3 Å². The predicted molar refractivity (Wildman–Crippen MR) is 126 cm³/mol. The molecule has 2 N–H and O–H groups in total. The fourth-order valence-corrected chi connectivity index (χ4v) is 4.42. The highest BCUT2D eigenvalue weighted by Crippen LogP contribution is 2.50. The number of benzene rings is 3. The van der Waals surface area contributed by atoms with Crippen LogP contribution < -0.4 is 4.74 Å². The molecule has 1 aromatic heterocycles. The Morgan fingerprint density at radius 3 is 2.33 bits per heavy atom. The smallest absolute Gasteiger partial charge is 0.449 e. The van der Waals surface area contributed by atoms with Gasteiger partial charge in [0, 0.05) is 28.1 Å². The van der Waals surface area contributed by atoms with E-state index in [-0.39, 0.29) is 16.1 Å². The number of alkyl halides is 3. The van der Waals surface area contributed by atoms with E-state index in [1.165, 1.54) is 37.3 Å². The van der Waals surface area contributed by atoms with Crippen LogP contribution in [0.4, 0.5) is 22.4 Å². The second kappa shape index (κ2) is 9.40. The zero-order valence-electron chi connectivity index (χ0n) is 18.6. The molecule has 0 aliphatic rings. The van der Waals surface area contributed by atoms with Crippen LogP contribution in [0.5, 0.6) is 5.75 Å². The summed E-state index contributed by atoms with van der Waals surface area (Å²) in [7, 11) is 0. The zero-order valence-corrected chi connectivity index (χ0v) is 19.3. The molecule has 0 saturated heterocycles. The van der Waals surface area contributed by atoms with E-state index in [9.17, 15) is 27.5 Å². The molecule has 36 heavy (non-hydrogen) atoms. The van der Waals surface area contributed by atoms with Crippen molar-refractivity contribution < 1.29 is 37.3 Å². The van der Waals surface area contributed by atoms with Gasteiger partial charge < -0.3 is 14.9 Å². The van der Waals surface area contributed by atoms with E-state index in [0.29, 0.717) is 16.5 Å². The summed E-state index contributed by atoms with van der Waals surface area (Å²) < 4.78 is 61.6. The maximum atomic E-state index is 14.4. The average molecular weight is 520 g/mol. The molecule has 0 saturated carbocycles. The van der Waals surface area contributed by atoms with Crippen molar-refractivity contribution in [3.8, 4) is 16.9 Å².